The number of hydrogen-bond donors (Lipinski definition) is 1. The molecular weight excluding hydrogens is 341 g/mol. The molecule has 0 spiro atoms. The first-order valence-corrected chi connectivity index (χ1v) is 8.37. The molecule has 0 saturated carbocycles. The van der Waals surface area contributed by atoms with Crippen LogP contribution >= 0.6 is 0 Å². The van der Waals surface area contributed by atoms with Gasteiger partial charge in [0.15, 0.2) is 11.6 Å². The highest BCUT2D eigenvalue weighted by Gasteiger charge is 2.52. The second-order valence-electron chi connectivity index (χ2n) is 7.50. The van der Waals surface area contributed by atoms with Gasteiger partial charge in [0.2, 0.25) is 0 Å². The predicted molar refractivity (Wildman–Crippen MR) is 93.1 cm³/mol. The lowest BCUT2D eigenvalue weighted by Gasteiger charge is -2.32. The smallest absolute Gasteiger partial charge is 0.399 e. The molecule has 1 aromatic carbocycles. The van der Waals surface area contributed by atoms with Crippen LogP contribution < -0.4 is 5.46 Å². The maximum Gasteiger partial charge on any atom is 0.498 e. The zero-order valence-corrected chi connectivity index (χ0v) is 15.0. The van der Waals surface area contributed by atoms with Gasteiger partial charge in [-0.3, -0.25) is 4.68 Å². The average Bonchev–Trinajstić information content (AvgIpc) is 3.21. The summed E-state index contributed by atoms with van der Waals surface area (Å²) in [5.74, 6) is -1.39. The van der Waals surface area contributed by atoms with E-state index in [9.17, 15) is 8.78 Å². The first-order valence-electron chi connectivity index (χ1n) is 8.37. The van der Waals surface area contributed by atoms with Crippen molar-refractivity contribution in [2.75, 3.05) is 0 Å². The monoisotopic (exact) mass is 360 g/mol. The second kappa shape index (κ2) is 5.62. The highest BCUT2D eigenvalue weighted by atomic mass is 19.2. The summed E-state index contributed by atoms with van der Waals surface area (Å²) in [5, 5.41) is 4.29. The lowest BCUT2D eigenvalue weighted by Crippen LogP contribution is -2.41. The van der Waals surface area contributed by atoms with E-state index in [1.165, 1.54) is 6.07 Å². The van der Waals surface area contributed by atoms with Crippen LogP contribution in [-0.4, -0.2) is 38.1 Å². The minimum atomic E-state index is -0.955. The molecule has 9 heteroatoms. The molecule has 1 saturated heterocycles. The molecule has 0 radical (unpaired) electrons. The lowest BCUT2D eigenvalue weighted by molar-refractivity contribution is 0.00578. The lowest BCUT2D eigenvalue weighted by atomic mass is 9.82. The molecule has 1 aliphatic heterocycles. The molecule has 0 unspecified atom stereocenters. The minimum Gasteiger partial charge on any atom is -0.399 e. The van der Waals surface area contributed by atoms with Crippen LogP contribution in [0.5, 0.6) is 0 Å². The summed E-state index contributed by atoms with van der Waals surface area (Å²) < 4.78 is 40.7. The Morgan fingerprint density at radius 3 is 2.54 bits per heavy atom. The Kier molecular flexibility index (Phi) is 3.71. The molecular formula is C17H19BF2N4O2. The fraction of sp³-hybridized carbons (Fsp3) is 0.412. The topological polar surface area (TPSA) is 65.0 Å². The van der Waals surface area contributed by atoms with Crippen LogP contribution in [0.25, 0.3) is 11.0 Å². The van der Waals surface area contributed by atoms with Crippen LogP contribution in [0.15, 0.2) is 24.5 Å². The van der Waals surface area contributed by atoms with Crippen molar-refractivity contribution >= 4 is 23.6 Å². The van der Waals surface area contributed by atoms with Crippen molar-refractivity contribution in [3.8, 4) is 0 Å². The molecule has 2 aromatic heterocycles. The number of benzene rings is 1. The van der Waals surface area contributed by atoms with Crippen LogP contribution in [0.1, 0.15) is 33.5 Å². The zero-order valence-electron chi connectivity index (χ0n) is 15.0. The van der Waals surface area contributed by atoms with Gasteiger partial charge < -0.3 is 14.3 Å². The number of rotatable bonds is 3. The van der Waals surface area contributed by atoms with Crippen molar-refractivity contribution in [2.24, 2.45) is 0 Å². The molecule has 4 rings (SSSR count). The van der Waals surface area contributed by atoms with E-state index in [-0.39, 0.29) is 12.1 Å². The number of nitrogens with zero attached hydrogens (tertiary/aromatic N) is 3. The van der Waals surface area contributed by atoms with Crippen LogP contribution in [0.2, 0.25) is 0 Å². The van der Waals surface area contributed by atoms with Crippen LogP contribution in [-0.2, 0) is 15.9 Å². The van der Waals surface area contributed by atoms with E-state index in [1.807, 2.05) is 27.7 Å². The minimum absolute atomic E-state index is 0.0154. The van der Waals surface area contributed by atoms with Crippen molar-refractivity contribution < 1.29 is 18.1 Å². The molecule has 1 N–H and O–H groups in total. The zero-order chi connectivity index (χ0) is 18.7. The summed E-state index contributed by atoms with van der Waals surface area (Å²) in [6.07, 6.45) is 3.47. The number of aromatic amines is 1. The van der Waals surface area contributed by atoms with Gasteiger partial charge in [-0.15, -0.1) is 0 Å². The highest BCUT2D eigenvalue weighted by molar-refractivity contribution is 6.62. The maximum atomic E-state index is 13.8. The summed E-state index contributed by atoms with van der Waals surface area (Å²) in [6.45, 7) is 8.23. The van der Waals surface area contributed by atoms with E-state index >= 15 is 0 Å². The summed E-state index contributed by atoms with van der Waals surface area (Å²) in [5.41, 5.74) is 0.354. The Labute approximate surface area is 149 Å². The van der Waals surface area contributed by atoms with Gasteiger partial charge in [-0.05, 0) is 39.8 Å². The molecule has 1 fully saturated rings. The third-order valence-corrected chi connectivity index (χ3v) is 5.09. The number of aromatic nitrogens is 4. The van der Waals surface area contributed by atoms with E-state index in [0.717, 1.165) is 11.5 Å². The van der Waals surface area contributed by atoms with Gasteiger partial charge in [-0.1, -0.05) is 0 Å². The number of fused-ring (bicyclic) bond motifs is 1. The number of H-pyrrole nitrogens is 1. The van der Waals surface area contributed by atoms with Crippen molar-refractivity contribution in [1.29, 1.82) is 0 Å². The third-order valence-electron chi connectivity index (χ3n) is 5.09. The molecule has 3 aromatic rings. The Morgan fingerprint density at radius 1 is 1.15 bits per heavy atom. The van der Waals surface area contributed by atoms with Crippen molar-refractivity contribution in [2.45, 2.75) is 45.4 Å². The fourth-order valence-electron chi connectivity index (χ4n) is 2.86. The van der Waals surface area contributed by atoms with Gasteiger partial charge in [-0.2, -0.15) is 5.10 Å². The van der Waals surface area contributed by atoms with Gasteiger partial charge in [0, 0.05) is 17.9 Å². The average molecular weight is 360 g/mol. The standard InChI is InChI=1S/C17H19BF2N4O2/c1-16(2)17(3,4)26-18(25-16)10-7-21-24(8-10)9-13-22-12-6-5-11(19)14(20)15(12)23-13/h5-8H,9H2,1-4H3,(H,22,23). The second-order valence-corrected chi connectivity index (χ2v) is 7.50. The van der Waals surface area contributed by atoms with Crippen molar-refractivity contribution in [1.82, 2.24) is 19.7 Å². The largest absolute Gasteiger partial charge is 0.498 e. The quantitative estimate of drug-likeness (QED) is 0.729. The fourth-order valence-corrected chi connectivity index (χ4v) is 2.86. The Balaban J connectivity index is 1.55. The molecule has 3 heterocycles. The maximum absolute atomic E-state index is 13.8. The third kappa shape index (κ3) is 2.71. The van der Waals surface area contributed by atoms with E-state index in [2.05, 4.69) is 15.1 Å². The van der Waals surface area contributed by atoms with E-state index < -0.39 is 30.0 Å². The number of halogens is 2. The molecule has 0 amide bonds. The van der Waals surface area contributed by atoms with Gasteiger partial charge >= 0.3 is 7.12 Å². The van der Waals surface area contributed by atoms with Crippen LogP contribution in [0.3, 0.4) is 0 Å². The van der Waals surface area contributed by atoms with E-state index in [4.69, 9.17) is 9.31 Å². The van der Waals surface area contributed by atoms with Gasteiger partial charge in [0.1, 0.15) is 11.3 Å². The van der Waals surface area contributed by atoms with Gasteiger partial charge in [-0.25, -0.2) is 13.8 Å². The van der Waals surface area contributed by atoms with Crippen molar-refractivity contribution in [3.63, 3.8) is 0 Å². The number of hydrogen-bond acceptors (Lipinski definition) is 4. The molecule has 26 heavy (non-hydrogen) atoms. The summed E-state index contributed by atoms with van der Waals surface area (Å²) in [7, 11) is -0.504. The summed E-state index contributed by atoms with van der Waals surface area (Å²) >= 11 is 0. The van der Waals surface area contributed by atoms with E-state index in [1.54, 1.807) is 17.1 Å². The van der Waals surface area contributed by atoms with E-state index in [0.29, 0.717) is 11.3 Å². The van der Waals surface area contributed by atoms with Gasteiger partial charge in [0.05, 0.1) is 23.3 Å². The molecule has 0 aliphatic carbocycles. The highest BCUT2D eigenvalue weighted by Crippen LogP contribution is 2.36. The first-order chi connectivity index (χ1) is 12.2. The summed E-state index contributed by atoms with van der Waals surface area (Å²) in [4.78, 5) is 7.10. The van der Waals surface area contributed by atoms with Crippen LogP contribution in [0.4, 0.5) is 8.78 Å². The number of imidazole rings is 1. The predicted octanol–water partition coefficient (Wildman–Crippen LogP) is 2.39. The normalized spacial score (nSPS) is 18.8. The SMILES string of the molecule is CC1(C)OB(c2cnn(Cc3nc4c(F)c(F)ccc4[nH]3)c2)OC1(C)C. The molecule has 1 aliphatic rings. The molecule has 6 nitrogen and oxygen atoms in total. The Morgan fingerprint density at radius 2 is 1.85 bits per heavy atom. The van der Waals surface area contributed by atoms with Gasteiger partial charge in [0.25, 0.3) is 0 Å². The molecule has 0 bridgehead atoms. The first kappa shape index (κ1) is 17.2. The Bertz CT molecular complexity index is 966. The Hall–Kier alpha value is -2.26. The number of nitrogens with one attached hydrogen (secondary N) is 1. The summed E-state index contributed by atoms with van der Waals surface area (Å²) in [6, 6.07) is 2.53. The molecule has 136 valence electrons. The molecule has 0 atom stereocenters. The van der Waals surface area contributed by atoms with Crippen LogP contribution in [0, 0.1) is 11.6 Å². The van der Waals surface area contributed by atoms with Crippen molar-refractivity contribution in [3.05, 3.63) is 42.0 Å².